The molecule has 2 aliphatic heterocycles. The molecule has 0 saturated heterocycles. The van der Waals surface area contributed by atoms with Crippen molar-refractivity contribution in [3.8, 4) is 0 Å². The van der Waals surface area contributed by atoms with Crippen molar-refractivity contribution in [2.75, 3.05) is 6.54 Å². The van der Waals surface area contributed by atoms with Crippen LogP contribution < -0.4 is 5.32 Å². The van der Waals surface area contributed by atoms with E-state index in [2.05, 4.69) is 5.32 Å². The number of carbonyl (C=O) groups excluding carboxylic acids is 2. The quantitative estimate of drug-likeness (QED) is 0.427. The summed E-state index contributed by atoms with van der Waals surface area (Å²) in [6.07, 6.45) is 0.708. The van der Waals surface area contributed by atoms with Crippen LogP contribution in [-0.4, -0.2) is 24.0 Å². The van der Waals surface area contributed by atoms with Gasteiger partial charge in [0.2, 0.25) is 0 Å². The molecule has 0 aliphatic carbocycles. The molecule has 2 heterocycles. The van der Waals surface area contributed by atoms with E-state index < -0.39 is 11.6 Å². The minimum Gasteiger partial charge on any atom is -0.451 e. The topological polar surface area (TPSA) is 55.4 Å². The molecule has 0 fully saturated rings. The Morgan fingerprint density at radius 1 is 1.38 bits per heavy atom. The van der Waals surface area contributed by atoms with Crippen LogP contribution in [0.3, 0.4) is 0 Å². The zero-order chi connectivity index (χ0) is 9.64. The van der Waals surface area contributed by atoms with Gasteiger partial charge in [0, 0.05) is 6.54 Å². The lowest BCUT2D eigenvalue weighted by atomic mass is 9.90. The maximum Gasteiger partial charge on any atom is 0.344 e. The van der Waals surface area contributed by atoms with Crippen LogP contribution in [0.15, 0.2) is 11.1 Å². The van der Waals surface area contributed by atoms with Gasteiger partial charge in [-0.05, 0) is 25.8 Å². The Balaban J connectivity index is 2.52. The van der Waals surface area contributed by atoms with Crippen LogP contribution in [0.2, 0.25) is 0 Å². The summed E-state index contributed by atoms with van der Waals surface area (Å²) in [5, 5.41) is 2.62. The minimum absolute atomic E-state index is 0.219. The maximum atomic E-state index is 11.3. The summed E-state index contributed by atoms with van der Waals surface area (Å²) >= 11 is 0. The van der Waals surface area contributed by atoms with E-state index in [1.165, 1.54) is 0 Å². The number of hydrogen-bond acceptors (Lipinski definition) is 3. The molecule has 70 valence electrons. The fourth-order valence-electron chi connectivity index (χ4n) is 1.81. The minimum atomic E-state index is -0.593. The van der Waals surface area contributed by atoms with Crippen molar-refractivity contribution >= 4 is 11.9 Å². The van der Waals surface area contributed by atoms with Gasteiger partial charge in [0.15, 0.2) is 0 Å². The van der Waals surface area contributed by atoms with Crippen LogP contribution in [0.25, 0.3) is 0 Å². The Bertz CT molecular complexity index is 328. The van der Waals surface area contributed by atoms with Gasteiger partial charge in [-0.25, -0.2) is 4.79 Å². The fraction of sp³-hybridized carbons (Fsp3) is 0.556. The third kappa shape index (κ3) is 1.05. The standard InChI is InChI=1S/C9H11NO3/c1-9(2)5-3-4-10-7(11)6(5)8(12)13-9/h3-4H2,1-2H3,(H,10,11). The molecule has 0 aromatic rings. The normalized spacial score (nSPS) is 25.4. The first-order valence-corrected chi connectivity index (χ1v) is 4.27. The molecule has 0 aromatic heterocycles. The van der Waals surface area contributed by atoms with Crippen molar-refractivity contribution in [1.29, 1.82) is 0 Å². The smallest absolute Gasteiger partial charge is 0.344 e. The number of cyclic esters (lactones) is 1. The molecule has 0 radical (unpaired) electrons. The Morgan fingerprint density at radius 3 is 2.69 bits per heavy atom. The van der Waals surface area contributed by atoms with Gasteiger partial charge >= 0.3 is 5.97 Å². The van der Waals surface area contributed by atoms with Crippen molar-refractivity contribution in [2.45, 2.75) is 25.9 Å². The first-order valence-electron chi connectivity index (χ1n) is 4.27. The summed E-state index contributed by atoms with van der Waals surface area (Å²) < 4.78 is 5.09. The molecule has 1 N–H and O–H groups in total. The van der Waals surface area contributed by atoms with Gasteiger partial charge in [0.1, 0.15) is 11.2 Å². The van der Waals surface area contributed by atoms with Crippen LogP contribution in [0.4, 0.5) is 0 Å². The van der Waals surface area contributed by atoms with Crippen molar-refractivity contribution in [2.24, 2.45) is 0 Å². The Hall–Kier alpha value is -1.32. The molecule has 0 spiro atoms. The molecule has 1 amide bonds. The lowest BCUT2D eigenvalue weighted by molar-refractivity contribution is -0.145. The summed E-state index contributed by atoms with van der Waals surface area (Å²) in [6, 6.07) is 0. The summed E-state index contributed by atoms with van der Waals surface area (Å²) in [6.45, 7) is 4.22. The molecule has 0 atom stereocenters. The van der Waals surface area contributed by atoms with Crippen LogP contribution >= 0.6 is 0 Å². The second-order valence-corrected chi connectivity index (χ2v) is 3.76. The number of rotatable bonds is 0. The average Bonchev–Trinajstić information content (AvgIpc) is 2.24. The van der Waals surface area contributed by atoms with E-state index in [1.54, 1.807) is 0 Å². The van der Waals surface area contributed by atoms with Gasteiger partial charge in [-0.15, -0.1) is 0 Å². The van der Waals surface area contributed by atoms with Gasteiger partial charge in [-0.3, -0.25) is 4.79 Å². The predicted molar refractivity (Wildman–Crippen MR) is 44.8 cm³/mol. The number of esters is 1. The first-order chi connectivity index (χ1) is 6.02. The summed E-state index contributed by atoms with van der Waals surface area (Å²) in [7, 11) is 0. The average molecular weight is 181 g/mol. The zero-order valence-corrected chi connectivity index (χ0v) is 7.64. The van der Waals surface area contributed by atoms with Crippen molar-refractivity contribution in [1.82, 2.24) is 5.32 Å². The van der Waals surface area contributed by atoms with E-state index in [0.29, 0.717) is 13.0 Å². The number of ether oxygens (including phenoxy) is 1. The number of hydrogen-bond donors (Lipinski definition) is 1. The highest BCUT2D eigenvalue weighted by Gasteiger charge is 2.44. The molecular weight excluding hydrogens is 170 g/mol. The van der Waals surface area contributed by atoms with Crippen molar-refractivity contribution in [3.63, 3.8) is 0 Å². The second-order valence-electron chi connectivity index (χ2n) is 3.76. The summed E-state index contributed by atoms with van der Waals surface area (Å²) in [5.41, 5.74) is 0.460. The van der Waals surface area contributed by atoms with E-state index in [1.807, 2.05) is 13.8 Å². The zero-order valence-electron chi connectivity index (χ0n) is 7.64. The second kappa shape index (κ2) is 2.34. The maximum absolute atomic E-state index is 11.3. The Morgan fingerprint density at radius 2 is 2.08 bits per heavy atom. The summed E-state index contributed by atoms with van der Waals surface area (Å²) in [5.74, 6) is -0.783. The van der Waals surface area contributed by atoms with E-state index in [0.717, 1.165) is 5.57 Å². The van der Waals surface area contributed by atoms with Gasteiger partial charge < -0.3 is 10.1 Å². The molecule has 0 bridgehead atoms. The highest BCUT2D eigenvalue weighted by atomic mass is 16.6. The van der Waals surface area contributed by atoms with E-state index in [-0.39, 0.29) is 11.5 Å². The van der Waals surface area contributed by atoms with E-state index >= 15 is 0 Å². The first kappa shape index (κ1) is 8.29. The van der Waals surface area contributed by atoms with Crippen LogP contribution in [-0.2, 0) is 14.3 Å². The Kier molecular flexibility index (Phi) is 1.49. The van der Waals surface area contributed by atoms with E-state index in [4.69, 9.17) is 4.74 Å². The third-order valence-corrected chi connectivity index (χ3v) is 2.47. The lowest BCUT2D eigenvalue weighted by Gasteiger charge is -2.22. The predicted octanol–water partition coefficient (Wildman–Crippen LogP) is 0.138. The molecule has 0 saturated carbocycles. The molecule has 4 heteroatoms. The molecule has 4 nitrogen and oxygen atoms in total. The molecule has 0 aromatic carbocycles. The molecule has 2 aliphatic rings. The molecule has 0 unspecified atom stereocenters. The monoisotopic (exact) mass is 181 g/mol. The van der Waals surface area contributed by atoms with Crippen LogP contribution in [0.5, 0.6) is 0 Å². The highest BCUT2D eigenvalue weighted by Crippen LogP contribution is 2.35. The van der Waals surface area contributed by atoms with Crippen LogP contribution in [0, 0.1) is 0 Å². The van der Waals surface area contributed by atoms with Crippen LogP contribution in [0.1, 0.15) is 20.3 Å². The lowest BCUT2D eigenvalue weighted by Crippen LogP contribution is -2.34. The van der Waals surface area contributed by atoms with Crippen molar-refractivity contribution in [3.05, 3.63) is 11.1 Å². The van der Waals surface area contributed by atoms with Gasteiger partial charge in [0.05, 0.1) is 0 Å². The largest absolute Gasteiger partial charge is 0.451 e. The summed E-state index contributed by atoms with van der Waals surface area (Å²) in [4.78, 5) is 22.6. The number of carbonyl (C=O) groups is 2. The van der Waals surface area contributed by atoms with Gasteiger partial charge in [0.25, 0.3) is 5.91 Å². The third-order valence-electron chi connectivity index (χ3n) is 2.47. The molecule has 13 heavy (non-hydrogen) atoms. The van der Waals surface area contributed by atoms with E-state index in [9.17, 15) is 9.59 Å². The van der Waals surface area contributed by atoms with Gasteiger partial charge in [-0.1, -0.05) is 0 Å². The SMILES string of the molecule is CC1(C)OC(=O)C2=C1CCNC2=O. The van der Waals surface area contributed by atoms with Gasteiger partial charge in [-0.2, -0.15) is 0 Å². The number of amides is 1. The molecule has 2 rings (SSSR count). The van der Waals surface area contributed by atoms with Crippen molar-refractivity contribution < 1.29 is 14.3 Å². The fourth-order valence-corrected chi connectivity index (χ4v) is 1.81. The molecular formula is C9H11NO3. The highest BCUT2D eigenvalue weighted by molar-refractivity contribution is 6.19. The Labute approximate surface area is 75.9 Å². The number of nitrogens with one attached hydrogen (secondary N) is 1.